The summed E-state index contributed by atoms with van der Waals surface area (Å²) >= 11 is 0. The van der Waals surface area contributed by atoms with Crippen molar-refractivity contribution in [3.8, 4) is 17.2 Å². The molecule has 0 radical (unpaired) electrons. The molecule has 4 N–H and O–H groups in total. The van der Waals surface area contributed by atoms with Gasteiger partial charge < -0.3 is 20.9 Å². The van der Waals surface area contributed by atoms with E-state index in [-0.39, 0.29) is 0 Å². The molecule has 24 heavy (non-hydrogen) atoms. The number of anilines is 2. The van der Waals surface area contributed by atoms with Gasteiger partial charge in [0, 0.05) is 23.5 Å². The monoisotopic (exact) mass is 320 g/mol. The van der Waals surface area contributed by atoms with Crippen LogP contribution in [0.1, 0.15) is 10.4 Å². The van der Waals surface area contributed by atoms with Crippen LogP contribution in [0.25, 0.3) is 0 Å². The maximum Gasteiger partial charge on any atom is 0.343 e. The highest BCUT2D eigenvalue weighted by molar-refractivity contribution is 5.91. The molecule has 3 rings (SSSR count). The van der Waals surface area contributed by atoms with Crippen LogP contribution in [0, 0.1) is 0 Å². The lowest BCUT2D eigenvalue weighted by Crippen LogP contribution is -2.08. The average molecular weight is 320 g/mol. The van der Waals surface area contributed by atoms with Crippen molar-refractivity contribution in [2.75, 3.05) is 11.5 Å². The van der Waals surface area contributed by atoms with Gasteiger partial charge in [0.05, 0.1) is 5.56 Å². The molecule has 0 aromatic heterocycles. The number of hydrogen-bond acceptors (Lipinski definition) is 5. The molecule has 0 saturated carbocycles. The summed E-state index contributed by atoms with van der Waals surface area (Å²) in [5.41, 5.74) is 12.9. The Morgan fingerprint density at radius 3 is 1.96 bits per heavy atom. The maximum absolute atomic E-state index is 12.1. The van der Waals surface area contributed by atoms with Gasteiger partial charge in [-0.05, 0) is 42.5 Å². The predicted octanol–water partition coefficient (Wildman–Crippen LogP) is 3.86. The van der Waals surface area contributed by atoms with E-state index in [0.29, 0.717) is 34.2 Å². The molecule has 3 aromatic rings. The third kappa shape index (κ3) is 3.84. The molecule has 3 aromatic carbocycles. The van der Waals surface area contributed by atoms with E-state index in [1.807, 2.05) is 6.07 Å². The molecule has 0 aliphatic rings. The van der Waals surface area contributed by atoms with Crippen molar-refractivity contribution in [3.63, 3.8) is 0 Å². The van der Waals surface area contributed by atoms with E-state index >= 15 is 0 Å². The average Bonchev–Trinajstić information content (AvgIpc) is 2.55. The highest BCUT2D eigenvalue weighted by Crippen LogP contribution is 2.26. The minimum Gasteiger partial charge on any atom is -0.457 e. The number of rotatable bonds is 4. The van der Waals surface area contributed by atoms with Crippen molar-refractivity contribution in [1.82, 2.24) is 0 Å². The van der Waals surface area contributed by atoms with Crippen LogP contribution in [0.5, 0.6) is 17.2 Å². The van der Waals surface area contributed by atoms with Gasteiger partial charge in [0.1, 0.15) is 17.2 Å². The number of nitrogens with two attached hydrogens (primary N) is 2. The molecule has 0 fully saturated rings. The van der Waals surface area contributed by atoms with Crippen molar-refractivity contribution in [1.29, 1.82) is 0 Å². The zero-order valence-electron chi connectivity index (χ0n) is 12.8. The van der Waals surface area contributed by atoms with Gasteiger partial charge in [0.15, 0.2) is 0 Å². The summed E-state index contributed by atoms with van der Waals surface area (Å²) in [6.45, 7) is 0. The molecule has 0 aliphatic carbocycles. The maximum atomic E-state index is 12.1. The summed E-state index contributed by atoms with van der Waals surface area (Å²) in [5, 5.41) is 0. The van der Waals surface area contributed by atoms with Gasteiger partial charge >= 0.3 is 5.97 Å². The second kappa shape index (κ2) is 6.75. The fourth-order valence-corrected chi connectivity index (χ4v) is 2.15. The van der Waals surface area contributed by atoms with Crippen LogP contribution in [0.4, 0.5) is 11.4 Å². The van der Waals surface area contributed by atoms with E-state index in [4.69, 9.17) is 20.9 Å². The molecule has 0 unspecified atom stereocenters. The molecule has 0 aliphatic heterocycles. The van der Waals surface area contributed by atoms with E-state index in [0.717, 1.165) is 0 Å². The zero-order valence-corrected chi connectivity index (χ0v) is 12.8. The predicted molar refractivity (Wildman–Crippen MR) is 93.2 cm³/mol. The van der Waals surface area contributed by atoms with Crippen molar-refractivity contribution in [2.24, 2.45) is 0 Å². The quantitative estimate of drug-likeness (QED) is 0.433. The van der Waals surface area contributed by atoms with Crippen LogP contribution < -0.4 is 20.9 Å². The number of para-hydroxylation sites is 1. The zero-order chi connectivity index (χ0) is 16.9. The lowest BCUT2D eigenvalue weighted by atomic mass is 10.2. The number of nitrogen functional groups attached to an aromatic ring is 2. The lowest BCUT2D eigenvalue weighted by molar-refractivity contribution is 0.0735. The number of benzene rings is 3. The Morgan fingerprint density at radius 1 is 0.708 bits per heavy atom. The highest BCUT2D eigenvalue weighted by atomic mass is 16.5. The van der Waals surface area contributed by atoms with Gasteiger partial charge in [-0.25, -0.2) is 4.79 Å². The van der Waals surface area contributed by atoms with Crippen molar-refractivity contribution in [2.45, 2.75) is 0 Å². The second-order valence-corrected chi connectivity index (χ2v) is 5.16. The summed E-state index contributed by atoms with van der Waals surface area (Å²) in [6.07, 6.45) is 0. The molecule has 0 spiro atoms. The Balaban J connectivity index is 1.70. The molecule has 5 heteroatoms. The SMILES string of the molecule is Nc1cc(N)cc(Oc2ccc(C(=O)Oc3ccccc3)cc2)c1. The normalized spacial score (nSPS) is 10.2. The number of esters is 1. The first-order chi connectivity index (χ1) is 11.6. The van der Waals surface area contributed by atoms with Crippen molar-refractivity contribution >= 4 is 17.3 Å². The Morgan fingerprint density at radius 2 is 1.33 bits per heavy atom. The number of carbonyl (C=O) groups excluding carboxylic acids is 1. The summed E-state index contributed by atoms with van der Waals surface area (Å²) in [4.78, 5) is 12.1. The molecular weight excluding hydrogens is 304 g/mol. The van der Waals surface area contributed by atoms with E-state index in [1.54, 1.807) is 66.7 Å². The number of hydrogen-bond donors (Lipinski definition) is 2. The summed E-state index contributed by atoms with van der Waals surface area (Å²) in [7, 11) is 0. The van der Waals surface area contributed by atoms with Crippen LogP contribution >= 0.6 is 0 Å². The molecule has 0 heterocycles. The smallest absolute Gasteiger partial charge is 0.343 e. The summed E-state index contributed by atoms with van der Waals surface area (Å²) in [6, 6.07) is 20.5. The second-order valence-electron chi connectivity index (χ2n) is 5.16. The Bertz CT molecular complexity index is 826. The van der Waals surface area contributed by atoms with Crippen LogP contribution in [0.2, 0.25) is 0 Å². The molecule has 0 amide bonds. The van der Waals surface area contributed by atoms with Gasteiger partial charge in [-0.2, -0.15) is 0 Å². The number of carbonyl (C=O) groups is 1. The minimum absolute atomic E-state index is 0.429. The Kier molecular flexibility index (Phi) is 4.34. The molecule has 5 nitrogen and oxygen atoms in total. The third-order valence-electron chi connectivity index (χ3n) is 3.23. The van der Waals surface area contributed by atoms with E-state index in [9.17, 15) is 4.79 Å². The fourth-order valence-electron chi connectivity index (χ4n) is 2.15. The first kappa shape index (κ1) is 15.4. The van der Waals surface area contributed by atoms with Gasteiger partial charge in [0.25, 0.3) is 0 Å². The first-order valence-corrected chi connectivity index (χ1v) is 7.31. The van der Waals surface area contributed by atoms with Crippen LogP contribution in [-0.4, -0.2) is 5.97 Å². The van der Waals surface area contributed by atoms with Crippen LogP contribution in [-0.2, 0) is 0 Å². The van der Waals surface area contributed by atoms with Crippen LogP contribution in [0.3, 0.4) is 0 Å². The summed E-state index contributed by atoms with van der Waals surface area (Å²) < 4.78 is 11.0. The lowest BCUT2D eigenvalue weighted by Gasteiger charge is -2.08. The standard InChI is InChI=1S/C19H16N2O3/c20-14-10-15(21)12-18(11-14)23-17-8-6-13(7-9-17)19(22)24-16-4-2-1-3-5-16/h1-12H,20-21H2. The van der Waals surface area contributed by atoms with Crippen LogP contribution in [0.15, 0.2) is 72.8 Å². The number of ether oxygens (including phenoxy) is 2. The molecule has 0 bridgehead atoms. The van der Waals surface area contributed by atoms with Crippen molar-refractivity contribution in [3.05, 3.63) is 78.4 Å². The Labute approximate surface area is 139 Å². The molecule has 0 atom stereocenters. The van der Waals surface area contributed by atoms with Crippen molar-refractivity contribution < 1.29 is 14.3 Å². The van der Waals surface area contributed by atoms with Gasteiger partial charge in [-0.1, -0.05) is 18.2 Å². The molecule has 0 saturated heterocycles. The third-order valence-corrected chi connectivity index (χ3v) is 3.23. The van der Waals surface area contributed by atoms with Gasteiger partial charge in [-0.15, -0.1) is 0 Å². The topological polar surface area (TPSA) is 87.6 Å². The minimum atomic E-state index is -0.430. The van der Waals surface area contributed by atoms with Gasteiger partial charge in [0.2, 0.25) is 0 Å². The largest absolute Gasteiger partial charge is 0.457 e. The van der Waals surface area contributed by atoms with E-state index in [1.165, 1.54) is 0 Å². The molecule has 120 valence electrons. The first-order valence-electron chi connectivity index (χ1n) is 7.31. The van der Waals surface area contributed by atoms with Gasteiger partial charge in [-0.3, -0.25) is 0 Å². The Hall–Kier alpha value is -3.47. The van der Waals surface area contributed by atoms with E-state index < -0.39 is 5.97 Å². The van der Waals surface area contributed by atoms with E-state index in [2.05, 4.69) is 0 Å². The highest BCUT2D eigenvalue weighted by Gasteiger charge is 2.09. The fraction of sp³-hybridized carbons (Fsp3) is 0. The summed E-state index contributed by atoms with van der Waals surface area (Å²) in [5.74, 6) is 1.17. The molecular formula is C19H16N2O3.